The zero-order valence-electron chi connectivity index (χ0n) is 12.8. The second kappa shape index (κ2) is 10.0. The van der Waals surface area contributed by atoms with E-state index in [1.54, 1.807) is 0 Å². The fourth-order valence-corrected chi connectivity index (χ4v) is 2.45. The number of rotatable bonds is 11. The van der Waals surface area contributed by atoms with Crippen LogP contribution in [0.25, 0.3) is 0 Å². The van der Waals surface area contributed by atoms with E-state index >= 15 is 0 Å². The minimum absolute atomic E-state index is 0.116. The molecule has 1 aromatic rings. The Bertz CT molecular complexity index is 320. The molecule has 0 saturated carbocycles. The molecule has 0 fully saturated rings. The molecule has 19 heavy (non-hydrogen) atoms. The maximum absolute atomic E-state index is 6.13. The second-order valence-electron chi connectivity index (χ2n) is 5.64. The quantitative estimate of drug-likeness (QED) is 0.605. The minimum Gasteiger partial charge on any atom is -0.323 e. The fourth-order valence-electron chi connectivity index (χ4n) is 2.45. The summed E-state index contributed by atoms with van der Waals surface area (Å²) < 4.78 is 1.82. The summed E-state index contributed by atoms with van der Waals surface area (Å²) in [4.78, 5) is 0. The van der Waals surface area contributed by atoms with Gasteiger partial charge in [0.05, 0.1) is 5.69 Å². The summed E-state index contributed by atoms with van der Waals surface area (Å²) in [6, 6.07) is 2.14. The van der Waals surface area contributed by atoms with Crippen LogP contribution in [0.5, 0.6) is 0 Å². The summed E-state index contributed by atoms with van der Waals surface area (Å²) in [5, 5.41) is 4.36. The first-order chi connectivity index (χ1) is 9.24. The van der Waals surface area contributed by atoms with Crippen LogP contribution in [0.1, 0.15) is 82.9 Å². The summed E-state index contributed by atoms with van der Waals surface area (Å²) in [5.74, 6) is 0. The monoisotopic (exact) mass is 265 g/mol. The molecule has 3 nitrogen and oxygen atoms in total. The predicted molar refractivity (Wildman–Crippen MR) is 82.0 cm³/mol. The summed E-state index contributed by atoms with van der Waals surface area (Å²) in [5.41, 5.74) is 7.16. The Morgan fingerprint density at radius 1 is 1.05 bits per heavy atom. The highest BCUT2D eigenvalue weighted by molar-refractivity contribution is 5.04. The number of hydrogen-bond acceptors (Lipinski definition) is 2. The van der Waals surface area contributed by atoms with Gasteiger partial charge in [0.1, 0.15) is 0 Å². The zero-order chi connectivity index (χ0) is 13.9. The van der Waals surface area contributed by atoms with Crippen LogP contribution in [0.4, 0.5) is 0 Å². The van der Waals surface area contributed by atoms with Crippen molar-refractivity contribution in [3.8, 4) is 0 Å². The van der Waals surface area contributed by atoms with E-state index in [4.69, 9.17) is 5.73 Å². The van der Waals surface area contributed by atoms with Crippen LogP contribution in [0.2, 0.25) is 0 Å². The molecule has 0 amide bonds. The minimum atomic E-state index is 0.116. The fraction of sp³-hybridized carbons (Fsp3) is 0.812. The molecule has 110 valence electrons. The van der Waals surface area contributed by atoms with Gasteiger partial charge in [-0.15, -0.1) is 0 Å². The van der Waals surface area contributed by atoms with E-state index in [-0.39, 0.29) is 6.04 Å². The Hall–Kier alpha value is -0.830. The first-order valence-electron chi connectivity index (χ1n) is 7.99. The first kappa shape index (κ1) is 16.2. The zero-order valence-corrected chi connectivity index (χ0v) is 12.8. The van der Waals surface area contributed by atoms with Gasteiger partial charge in [0.2, 0.25) is 0 Å². The van der Waals surface area contributed by atoms with E-state index in [1.807, 2.05) is 24.0 Å². The molecule has 1 atom stereocenters. The van der Waals surface area contributed by atoms with Crippen molar-refractivity contribution in [3.63, 3.8) is 0 Å². The lowest BCUT2D eigenvalue weighted by molar-refractivity contribution is 0.525. The van der Waals surface area contributed by atoms with Crippen LogP contribution >= 0.6 is 0 Å². The largest absolute Gasteiger partial charge is 0.323 e. The molecule has 2 N–H and O–H groups in total. The molecular formula is C16H31N3. The molecule has 0 aliphatic carbocycles. The van der Waals surface area contributed by atoms with Crippen molar-refractivity contribution in [2.24, 2.45) is 12.8 Å². The van der Waals surface area contributed by atoms with Crippen LogP contribution in [-0.2, 0) is 7.05 Å². The van der Waals surface area contributed by atoms with E-state index in [1.165, 1.54) is 57.8 Å². The molecule has 0 aromatic carbocycles. The van der Waals surface area contributed by atoms with Crippen molar-refractivity contribution in [3.05, 3.63) is 18.0 Å². The van der Waals surface area contributed by atoms with Crippen LogP contribution in [-0.4, -0.2) is 9.78 Å². The summed E-state index contributed by atoms with van der Waals surface area (Å²) in [7, 11) is 1.94. The van der Waals surface area contributed by atoms with E-state index in [2.05, 4.69) is 12.0 Å². The van der Waals surface area contributed by atoms with Gasteiger partial charge in [0.15, 0.2) is 0 Å². The number of nitrogens with two attached hydrogens (primary N) is 1. The van der Waals surface area contributed by atoms with Gasteiger partial charge < -0.3 is 5.73 Å². The third-order valence-corrected chi connectivity index (χ3v) is 3.73. The molecule has 0 aliphatic rings. The predicted octanol–water partition coefficient (Wildman–Crippen LogP) is 4.34. The third-order valence-electron chi connectivity index (χ3n) is 3.73. The molecule has 0 radical (unpaired) electrons. The first-order valence-corrected chi connectivity index (χ1v) is 7.99. The Morgan fingerprint density at radius 2 is 1.63 bits per heavy atom. The second-order valence-corrected chi connectivity index (χ2v) is 5.64. The summed E-state index contributed by atoms with van der Waals surface area (Å²) in [6.07, 6.45) is 15.3. The van der Waals surface area contributed by atoms with Gasteiger partial charge in [-0.2, -0.15) is 5.10 Å². The van der Waals surface area contributed by atoms with E-state index < -0.39 is 0 Å². The Labute approximate surface area is 118 Å². The number of aryl methyl sites for hydroxylation is 1. The Morgan fingerprint density at radius 3 is 2.16 bits per heavy atom. The van der Waals surface area contributed by atoms with Crippen molar-refractivity contribution >= 4 is 0 Å². The van der Waals surface area contributed by atoms with Crippen molar-refractivity contribution < 1.29 is 0 Å². The smallest absolute Gasteiger partial charge is 0.0791 e. The van der Waals surface area contributed by atoms with Gasteiger partial charge in [-0.1, -0.05) is 64.7 Å². The van der Waals surface area contributed by atoms with Crippen LogP contribution in [0.3, 0.4) is 0 Å². The van der Waals surface area contributed by atoms with Crippen molar-refractivity contribution in [2.45, 2.75) is 77.2 Å². The molecule has 0 aliphatic heterocycles. The summed E-state index contributed by atoms with van der Waals surface area (Å²) in [6.45, 7) is 2.27. The highest BCUT2D eigenvalue weighted by Crippen LogP contribution is 2.16. The van der Waals surface area contributed by atoms with Gasteiger partial charge >= 0.3 is 0 Å². The lowest BCUT2D eigenvalue weighted by atomic mass is 10.0. The molecule has 3 heteroatoms. The third kappa shape index (κ3) is 7.36. The maximum Gasteiger partial charge on any atom is 0.0791 e. The van der Waals surface area contributed by atoms with E-state index in [0.717, 1.165) is 12.1 Å². The van der Waals surface area contributed by atoms with Gasteiger partial charge in [-0.05, 0) is 12.5 Å². The Balaban J connectivity index is 1.93. The normalized spacial score (nSPS) is 12.8. The van der Waals surface area contributed by atoms with Gasteiger partial charge in [0.25, 0.3) is 0 Å². The van der Waals surface area contributed by atoms with Gasteiger partial charge in [-0.25, -0.2) is 0 Å². The van der Waals surface area contributed by atoms with Gasteiger partial charge in [0, 0.05) is 19.3 Å². The maximum atomic E-state index is 6.13. The highest BCUT2D eigenvalue weighted by atomic mass is 15.3. The number of aromatic nitrogens is 2. The molecule has 0 bridgehead atoms. The SMILES string of the molecule is CCCCCCCCCCCC(N)c1ccn(C)n1. The van der Waals surface area contributed by atoms with E-state index in [0.29, 0.717) is 0 Å². The average molecular weight is 265 g/mol. The lowest BCUT2D eigenvalue weighted by Crippen LogP contribution is -2.11. The molecular weight excluding hydrogens is 234 g/mol. The molecule has 1 heterocycles. The van der Waals surface area contributed by atoms with Crippen LogP contribution < -0.4 is 5.73 Å². The van der Waals surface area contributed by atoms with Crippen LogP contribution in [0, 0.1) is 0 Å². The molecule has 0 spiro atoms. The number of unbranched alkanes of at least 4 members (excludes halogenated alkanes) is 8. The number of nitrogens with zero attached hydrogens (tertiary/aromatic N) is 2. The lowest BCUT2D eigenvalue weighted by Gasteiger charge is -2.08. The molecule has 0 saturated heterocycles. The van der Waals surface area contributed by atoms with Gasteiger partial charge in [-0.3, -0.25) is 4.68 Å². The number of hydrogen-bond donors (Lipinski definition) is 1. The van der Waals surface area contributed by atoms with Crippen molar-refractivity contribution in [1.82, 2.24) is 9.78 Å². The molecule has 1 aromatic heterocycles. The van der Waals surface area contributed by atoms with E-state index in [9.17, 15) is 0 Å². The topological polar surface area (TPSA) is 43.8 Å². The van der Waals surface area contributed by atoms with Crippen molar-refractivity contribution in [2.75, 3.05) is 0 Å². The van der Waals surface area contributed by atoms with Crippen molar-refractivity contribution in [1.29, 1.82) is 0 Å². The molecule has 1 rings (SSSR count). The van der Waals surface area contributed by atoms with Crippen LogP contribution in [0.15, 0.2) is 12.3 Å². The Kier molecular flexibility index (Phi) is 8.55. The standard InChI is InChI=1S/C16H31N3/c1-3-4-5-6-7-8-9-10-11-12-15(17)16-13-14-19(2)18-16/h13-15H,3-12,17H2,1-2H3. The highest BCUT2D eigenvalue weighted by Gasteiger charge is 2.07. The molecule has 1 unspecified atom stereocenters. The average Bonchev–Trinajstić information content (AvgIpc) is 2.83. The summed E-state index contributed by atoms with van der Waals surface area (Å²) >= 11 is 0.